The van der Waals surface area contributed by atoms with E-state index in [1.54, 1.807) is 12.1 Å². The minimum Gasteiger partial charge on any atom is -0.328 e. The average Bonchev–Trinajstić information content (AvgIpc) is 2.45. The SMILES string of the molecule is NS(=O)(=O)c1ccc(CCNC[C@H]2CC[C@H](N)CC2)cc1. The van der Waals surface area contributed by atoms with Crippen molar-refractivity contribution >= 4 is 10.0 Å². The molecule has 5 nitrogen and oxygen atoms in total. The molecule has 0 aliphatic heterocycles. The first kappa shape index (κ1) is 16.4. The summed E-state index contributed by atoms with van der Waals surface area (Å²) in [5.74, 6) is 0.745. The van der Waals surface area contributed by atoms with Crippen molar-refractivity contribution < 1.29 is 8.42 Å². The highest BCUT2D eigenvalue weighted by atomic mass is 32.2. The number of primary sulfonamides is 1. The summed E-state index contributed by atoms with van der Waals surface area (Å²) >= 11 is 0. The van der Waals surface area contributed by atoms with Crippen LogP contribution in [0.1, 0.15) is 31.2 Å². The summed E-state index contributed by atoms with van der Waals surface area (Å²) in [5, 5.41) is 8.55. The molecule has 118 valence electrons. The van der Waals surface area contributed by atoms with Gasteiger partial charge in [0.15, 0.2) is 0 Å². The second-order valence-electron chi connectivity index (χ2n) is 5.92. The van der Waals surface area contributed by atoms with Gasteiger partial charge in [-0.25, -0.2) is 13.6 Å². The van der Waals surface area contributed by atoms with Gasteiger partial charge >= 0.3 is 0 Å². The van der Waals surface area contributed by atoms with Gasteiger partial charge in [-0.1, -0.05) is 12.1 Å². The maximum Gasteiger partial charge on any atom is 0.238 e. The summed E-state index contributed by atoms with van der Waals surface area (Å²) in [4.78, 5) is 0.165. The zero-order valence-corrected chi connectivity index (χ0v) is 13.1. The summed E-state index contributed by atoms with van der Waals surface area (Å²) in [6, 6.07) is 7.17. The lowest BCUT2D eigenvalue weighted by atomic mass is 9.86. The molecule has 1 aliphatic rings. The molecular formula is C15H25N3O2S. The van der Waals surface area contributed by atoms with E-state index >= 15 is 0 Å². The van der Waals surface area contributed by atoms with Crippen LogP contribution in [0, 0.1) is 5.92 Å². The van der Waals surface area contributed by atoms with E-state index in [1.165, 1.54) is 12.8 Å². The highest BCUT2D eigenvalue weighted by Crippen LogP contribution is 2.22. The van der Waals surface area contributed by atoms with Crippen LogP contribution in [0.5, 0.6) is 0 Å². The van der Waals surface area contributed by atoms with Crippen LogP contribution in [-0.4, -0.2) is 27.5 Å². The van der Waals surface area contributed by atoms with Gasteiger partial charge in [0.25, 0.3) is 0 Å². The molecule has 1 saturated carbocycles. The molecule has 1 fully saturated rings. The third kappa shape index (κ3) is 5.39. The zero-order chi connectivity index (χ0) is 15.3. The van der Waals surface area contributed by atoms with Crippen molar-refractivity contribution in [2.45, 2.75) is 43.0 Å². The van der Waals surface area contributed by atoms with E-state index in [-0.39, 0.29) is 4.90 Å². The number of rotatable bonds is 6. The Labute approximate surface area is 127 Å². The van der Waals surface area contributed by atoms with Gasteiger partial charge in [0.1, 0.15) is 0 Å². The first-order valence-electron chi connectivity index (χ1n) is 7.53. The maximum absolute atomic E-state index is 11.2. The molecule has 0 amide bonds. The summed E-state index contributed by atoms with van der Waals surface area (Å²) < 4.78 is 22.3. The van der Waals surface area contributed by atoms with Crippen LogP contribution in [0.25, 0.3) is 0 Å². The van der Waals surface area contributed by atoms with Gasteiger partial charge in [-0.2, -0.15) is 0 Å². The Morgan fingerprint density at radius 3 is 2.29 bits per heavy atom. The van der Waals surface area contributed by atoms with Gasteiger partial charge in [0, 0.05) is 6.04 Å². The molecule has 0 bridgehead atoms. The van der Waals surface area contributed by atoms with Crippen LogP contribution in [0.3, 0.4) is 0 Å². The standard InChI is InChI=1S/C15H25N3O2S/c16-14-5-1-13(2-6-14)11-18-10-9-12-3-7-15(8-4-12)21(17,19)20/h3-4,7-8,13-14,18H,1-2,5-6,9-11,16H2,(H2,17,19,20)/t13-,14-. The number of nitrogens with two attached hydrogens (primary N) is 2. The van der Waals surface area contributed by atoms with E-state index in [1.807, 2.05) is 12.1 Å². The zero-order valence-electron chi connectivity index (χ0n) is 12.3. The van der Waals surface area contributed by atoms with Gasteiger partial charge in [0.05, 0.1) is 4.90 Å². The molecule has 0 atom stereocenters. The van der Waals surface area contributed by atoms with Crippen LogP contribution in [-0.2, 0) is 16.4 Å². The smallest absolute Gasteiger partial charge is 0.238 e. The lowest BCUT2D eigenvalue weighted by Gasteiger charge is -2.26. The van der Waals surface area contributed by atoms with E-state index in [0.717, 1.165) is 43.8 Å². The van der Waals surface area contributed by atoms with E-state index in [2.05, 4.69) is 5.32 Å². The summed E-state index contributed by atoms with van der Waals surface area (Å²) in [6.07, 6.45) is 5.61. The van der Waals surface area contributed by atoms with Gasteiger partial charge in [-0.3, -0.25) is 0 Å². The highest BCUT2D eigenvalue weighted by molar-refractivity contribution is 7.89. The number of nitrogens with one attached hydrogen (secondary N) is 1. The molecule has 6 heteroatoms. The Bertz CT molecular complexity index is 535. The van der Waals surface area contributed by atoms with Crippen molar-refractivity contribution in [1.82, 2.24) is 5.32 Å². The summed E-state index contributed by atoms with van der Waals surface area (Å²) in [5.41, 5.74) is 7.01. The van der Waals surface area contributed by atoms with Crippen LogP contribution in [0.15, 0.2) is 29.2 Å². The number of hydrogen-bond acceptors (Lipinski definition) is 4. The van der Waals surface area contributed by atoms with E-state index < -0.39 is 10.0 Å². The third-order valence-corrected chi connectivity index (χ3v) is 5.10. The van der Waals surface area contributed by atoms with Crippen molar-refractivity contribution in [3.63, 3.8) is 0 Å². The van der Waals surface area contributed by atoms with Gasteiger partial charge in [0.2, 0.25) is 10.0 Å². The van der Waals surface area contributed by atoms with Gasteiger partial charge in [-0.05, 0) is 68.8 Å². The lowest BCUT2D eigenvalue weighted by Crippen LogP contribution is -2.32. The molecule has 0 radical (unpaired) electrons. The molecule has 0 unspecified atom stereocenters. The Hall–Kier alpha value is -0.950. The molecule has 21 heavy (non-hydrogen) atoms. The van der Waals surface area contributed by atoms with Crippen molar-refractivity contribution in [1.29, 1.82) is 0 Å². The van der Waals surface area contributed by atoms with Gasteiger partial charge < -0.3 is 11.1 Å². The monoisotopic (exact) mass is 311 g/mol. The van der Waals surface area contributed by atoms with Crippen LogP contribution < -0.4 is 16.2 Å². The quantitative estimate of drug-likeness (QED) is 0.682. The Morgan fingerprint density at radius 2 is 1.71 bits per heavy atom. The fourth-order valence-electron chi connectivity index (χ4n) is 2.78. The van der Waals surface area contributed by atoms with Crippen LogP contribution in [0.2, 0.25) is 0 Å². The number of benzene rings is 1. The normalized spacial score (nSPS) is 23.1. The molecule has 1 aliphatic carbocycles. The van der Waals surface area contributed by atoms with E-state index in [4.69, 9.17) is 10.9 Å². The topological polar surface area (TPSA) is 98.2 Å². The first-order valence-corrected chi connectivity index (χ1v) is 9.08. The Kier molecular flexibility index (Phi) is 5.75. The van der Waals surface area contributed by atoms with Crippen molar-refractivity contribution in [3.8, 4) is 0 Å². The molecular weight excluding hydrogens is 286 g/mol. The minimum absolute atomic E-state index is 0.165. The average molecular weight is 311 g/mol. The molecule has 0 aromatic heterocycles. The molecule has 2 rings (SSSR count). The number of sulfonamides is 1. The fraction of sp³-hybridized carbons (Fsp3) is 0.600. The van der Waals surface area contributed by atoms with Crippen molar-refractivity contribution in [3.05, 3.63) is 29.8 Å². The van der Waals surface area contributed by atoms with Crippen LogP contribution in [0.4, 0.5) is 0 Å². The second kappa shape index (κ2) is 7.35. The van der Waals surface area contributed by atoms with Crippen molar-refractivity contribution in [2.24, 2.45) is 16.8 Å². The Balaban J connectivity index is 1.69. The minimum atomic E-state index is -3.59. The molecule has 1 aromatic rings. The predicted octanol–water partition coefficient (Wildman–Crippen LogP) is 0.984. The molecule has 0 heterocycles. The molecule has 5 N–H and O–H groups in total. The Morgan fingerprint density at radius 1 is 1.10 bits per heavy atom. The lowest BCUT2D eigenvalue weighted by molar-refractivity contribution is 0.315. The van der Waals surface area contributed by atoms with Crippen LogP contribution >= 0.6 is 0 Å². The van der Waals surface area contributed by atoms with E-state index in [0.29, 0.717) is 6.04 Å². The molecule has 1 aromatic carbocycles. The first-order chi connectivity index (χ1) is 9.95. The largest absolute Gasteiger partial charge is 0.328 e. The summed E-state index contributed by atoms with van der Waals surface area (Å²) in [7, 11) is -3.59. The van der Waals surface area contributed by atoms with E-state index in [9.17, 15) is 8.42 Å². The number of hydrogen-bond donors (Lipinski definition) is 3. The second-order valence-corrected chi connectivity index (χ2v) is 7.49. The highest BCUT2D eigenvalue weighted by Gasteiger charge is 2.17. The van der Waals surface area contributed by atoms with Crippen molar-refractivity contribution in [2.75, 3.05) is 13.1 Å². The summed E-state index contributed by atoms with van der Waals surface area (Å²) in [6.45, 7) is 1.94. The molecule has 0 saturated heterocycles. The third-order valence-electron chi connectivity index (χ3n) is 4.17. The maximum atomic E-state index is 11.2. The predicted molar refractivity (Wildman–Crippen MR) is 84.3 cm³/mol. The fourth-order valence-corrected chi connectivity index (χ4v) is 3.29. The van der Waals surface area contributed by atoms with Gasteiger partial charge in [-0.15, -0.1) is 0 Å². The molecule has 0 spiro atoms.